The van der Waals surface area contributed by atoms with Gasteiger partial charge in [0.25, 0.3) is 0 Å². The highest BCUT2D eigenvalue weighted by atomic mass is 19.1. The summed E-state index contributed by atoms with van der Waals surface area (Å²) in [5, 5.41) is 12.5. The van der Waals surface area contributed by atoms with E-state index in [1.165, 1.54) is 13.2 Å². The molecular formula is C16H18FNO2. The number of ether oxygens (including phenoxy) is 1. The summed E-state index contributed by atoms with van der Waals surface area (Å²) in [6.45, 7) is 2.47. The lowest BCUT2D eigenvalue weighted by atomic mass is 10.1. The van der Waals surface area contributed by atoms with Crippen molar-refractivity contribution in [3.8, 4) is 11.5 Å². The van der Waals surface area contributed by atoms with E-state index in [0.717, 1.165) is 5.56 Å². The molecule has 2 rings (SSSR count). The molecule has 0 spiro atoms. The maximum atomic E-state index is 13.9. The topological polar surface area (TPSA) is 41.5 Å². The maximum Gasteiger partial charge on any atom is 0.131 e. The van der Waals surface area contributed by atoms with E-state index in [0.29, 0.717) is 17.9 Å². The molecule has 20 heavy (non-hydrogen) atoms. The molecule has 2 aromatic rings. The molecule has 0 fully saturated rings. The minimum absolute atomic E-state index is 0.181. The van der Waals surface area contributed by atoms with Crippen LogP contribution in [0.2, 0.25) is 0 Å². The third-order valence-corrected chi connectivity index (χ3v) is 3.21. The van der Waals surface area contributed by atoms with Crippen molar-refractivity contribution < 1.29 is 14.2 Å². The Balaban J connectivity index is 2.08. The first-order chi connectivity index (χ1) is 9.61. The standard InChI is InChI=1S/C16H18FNO2/c1-11(16-14(17)4-3-5-15(16)20-2)18-10-12-6-8-13(19)9-7-12/h3-9,11,18-19H,10H2,1-2H3. The van der Waals surface area contributed by atoms with Gasteiger partial charge in [0.05, 0.1) is 7.11 Å². The van der Waals surface area contributed by atoms with Crippen molar-refractivity contribution in [1.29, 1.82) is 0 Å². The molecule has 0 aliphatic heterocycles. The van der Waals surface area contributed by atoms with Gasteiger partial charge < -0.3 is 15.2 Å². The molecule has 0 bridgehead atoms. The van der Waals surface area contributed by atoms with Crippen molar-refractivity contribution in [2.75, 3.05) is 7.11 Å². The van der Waals surface area contributed by atoms with Crippen LogP contribution < -0.4 is 10.1 Å². The van der Waals surface area contributed by atoms with Gasteiger partial charge in [0.15, 0.2) is 0 Å². The summed E-state index contributed by atoms with van der Waals surface area (Å²) in [5.41, 5.74) is 1.54. The van der Waals surface area contributed by atoms with Gasteiger partial charge in [-0.1, -0.05) is 18.2 Å². The second-order valence-corrected chi connectivity index (χ2v) is 4.62. The lowest BCUT2D eigenvalue weighted by Crippen LogP contribution is -2.19. The summed E-state index contributed by atoms with van der Waals surface area (Å²) in [5.74, 6) is 0.489. The van der Waals surface area contributed by atoms with Crippen LogP contribution >= 0.6 is 0 Å². The second kappa shape index (κ2) is 6.39. The molecule has 0 aliphatic carbocycles. The van der Waals surface area contributed by atoms with Crippen LogP contribution in [0.15, 0.2) is 42.5 Å². The largest absolute Gasteiger partial charge is 0.508 e. The predicted octanol–water partition coefficient (Wildman–Crippen LogP) is 3.39. The normalized spacial score (nSPS) is 12.2. The number of nitrogens with one attached hydrogen (secondary N) is 1. The molecule has 106 valence electrons. The first-order valence-electron chi connectivity index (χ1n) is 6.45. The number of hydrogen-bond acceptors (Lipinski definition) is 3. The molecule has 1 unspecified atom stereocenters. The molecule has 0 saturated carbocycles. The zero-order valence-electron chi connectivity index (χ0n) is 11.6. The van der Waals surface area contributed by atoms with Gasteiger partial charge in [-0.3, -0.25) is 0 Å². The smallest absolute Gasteiger partial charge is 0.131 e. The number of aromatic hydroxyl groups is 1. The molecule has 4 heteroatoms. The lowest BCUT2D eigenvalue weighted by molar-refractivity contribution is 0.393. The van der Waals surface area contributed by atoms with Crippen LogP contribution in [0, 0.1) is 5.82 Å². The Morgan fingerprint density at radius 3 is 2.55 bits per heavy atom. The summed E-state index contributed by atoms with van der Waals surface area (Å²) in [4.78, 5) is 0. The van der Waals surface area contributed by atoms with E-state index in [2.05, 4.69) is 5.32 Å². The number of methoxy groups -OCH3 is 1. The SMILES string of the molecule is COc1cccc(F)c1C(C)NCc1ccc(O)cc1. The van der Waals surface area contributed by atoms with Crippen molar-refractivity contribution in [3.63, 3.8) is 0 Å². The Morgan fingerprint density at radius 2 is 1.90 bits per heavy atom. The van der Waals surface area contributed by atoms with Crippen LogP contribution in [0.25, 0.3) is 0 Å². The fraction of sp³-hybridized carbons (Fsp3) is 0.250. The molecule has 2 N–H and O–H groups in total. The molecule has 0 amide bonds. The summed E-state index contributed by atoms with van der Waals surface area (Å²) in [7, 11) is 1.53. The summed E-state index contributed by atoms with van der Waals surface area (Å²) in [6, 6.07) is 11.5. The fourth-order valence-electron chi connectivity index (χ4n) is 2.10. The molecule has 0 aliphatic rings. The first kappa shape index (κ1) is 14.3. The highest BCUT2D eigenvalue weighted by Gasteiger charge is 2.15. The summed E-state index contributed by atoms with van der Waals surface area (Å²) >= 11 is 0. The zero-order chi connectivity index (χ0) is 14.5. The number of phenols is 1. The summed E-state index contributed by atoms with van der Waals surface area (Å²) in [6.07, 6.45) is 0. The van der Waals surface area contributed by atoms with Gasteiger partial charge in [-0.15, -0.1) is 0 Å². The van der Waals surface area contributed by atoms with Crippen LogP contribution in [0.4, 0.5) is 4.39 Å². The number of rotatable bonds is 5. The van der Waals surface area contributed by atoms with Crippen LogP contribution in [0.5, 0.6) is 11.5 Å². The Hall–Kier alpha value is -2.07. The maximum absolute atomic E-state index is 13.9. The van der Waals surface area contributed by atoms with Crippen molar-refractivity contribution in [1.82, 2.24) is 5.32 Å². The molecule has 0 heterocycles. The monoisotopic (exact) mass is 275 g/mol. The number of hydrogen-bond donors (Lipinski definition) is 2. The van der Waals surface area contributed by atoms with Crippen LogP contribution in [-0.2, 0) is 6.54 Å². The average molecular weight is 275 g/mol. The zero-order valence-corrected chi connectivity index (χ0v) is 11.6. The van der Waals surface area contributed by atoms with E-state index in [9.17, 15) is 9.50 Å². The first-order valence-corrected chi connectivity index (χ1v) is 6.45. The Bertz CT molecular complexity index is 569. The predicted molar refractivity (Wildman–Crippen MR) is 76.3 cm³/mol. The number of benzene rings is 2. The van der Waals surface area contributed by atoms with Crippen LogP contribution in [0.3, 0.4) is 0 Å². The molecule has 0 aromatic heterocycles. The van der Waals surface area contributed by atoms with E-state index < -0.39 is 0 Å². The van der Waals surface area contributed by atoms with Crippen LogP contribution in [-0.4, -0.2) is 12.2 Å². The van der Waals surface area contributed by atoms with Crippen molar-refractivity contribution in [3.05, 3.63) is 59.4 Å². The van der Waals surface area contributed by atoms with Gasteiger partial charge >= 0.3 is 0 Å². The van der Waals surface area contributed by atoms with Gasteiger partial charge in [-0.2, -0.15) is 0 Å². The Morgan fingerprint density at radius 1 is 1.20 bits per heavy atom. The van der Waals surface area contributed by atoms with Crippen molar-refractivity contribution >= 4 is 0 Å². The minimum atomic E-state index is -0.282. The lowest BCUT2D eigenvalue weighted by Gasteiger charge is -2.18. The van der Waals surface area contributed by atoms with E-state index in [1.807, 2.05) is 19.1 Å². The van der Waals surface area contributed by atoms with E-state index in [4.69, 9.17) is 4.74 Å². The van der Waals surface area contributed by atoms with Gasteiger partial charge in [-0.25, -0.2) is 4.39 Å². The molecule has 0 saturated heterocycles. The number of phenolic OH excluding ortho intramolecular Hbond substituents is 1. The van der Waals surface area contributed by atoms with Gasteiger partial charge in [0.2, 0.25) is 0 Å². The van der Waals surface area contributed by atoms with Crippen molar-refractivity contribution in [2.24, 2.45) is 0 Å². The van der Waals surface area contributed by atoms with E-state index in [-0.39, 0.29) is 17.6 Å². The van der Waals surface area contributed by atoms with E-state index in [1.54, 1.807) is 24.3 Å². The third-order valence-electron chi connectivity index (χ3n) is 3.21. The summed E-state index contributed by atoms with van der Waals surface area (Å²) < 4.78 is 19.1. The fourth-order valence-corrected chi connectivity index (χ4v) is 2.10. The van der Waals surface area contributed by atoms with E-state index >= 15 is 0 Å². The molecule has 0 radical (unpaired) electrons. The number of halogens is 1. The third kappa shape index (κ3) is 3.27. The molecule has 2 aromatic carbocycles. The molecule has 1 atom stereocenters. The molecular weight excluding hydrogens is 257 g/mol. The quantitative estimate of drug-likeness (QED) is 0.879. The van der Waals surface area contributed by atoms with Gasteiger partial charge in [0, 0.05) is 18.2 Å². The highest BCUT2D eigenvalue weighted by Crippen LogP contribution is 2.27. The highest BCUT2D eigenvalue weighted by molar-refractivity contribution is 5.37. The van der Waals surface area contributed by atoms with Gasteiger partial charge in [0.1, 0.15) is 17.3 Å². The minimum Gasteiger partial charge on any atom is -0.508 e. The Labute approximate surface area is 118 Å². The van der Waals surface area contributed by atoms with Crippen molar-refractivity contribution in [2.45, 2.75) is 19.5 Å². The van der Waals surface area contributed by atoms with Crippen LogP contribution in [0.1, 0.15) is 24.1 Å². The second-order valence-electron chi connectivity index (χ2n) is 4.62. The molecule has 3 nitrogen and oxygen atoms in total. The van der Waals surface area contributed by atoms with Gasteiger partial charge in [-0.05, 0) is 36.8 Å². The Kier molecular flexibility index (Phi) is 4.58. The average Bonchev–Trinajstić information content (AvgIpc) is 2.46.